The van der Waals surface area contributed by atoms with Crippen LogP contribution >= 0.6 is 0 Å². The fourth-order valence-corrected chi connectivity index (χ4v) is 2.49. The number of nitrogens with two attached hydrogens (primary N) is 2. The minimum Gasteiger partial charge on any atom is -0.365 e. The van der Waals surface area contributed by atoms with E-state index in [1.807, 2.05) is 0 Å². The van der Waals surface area contributed by atoms with Gasteiger partial charge in [0, 0.05) is 44.5 Å². The van der Waals surface area contributed by atoms with Crippen LogP contribution in [0.4, 0.5) is 5.82 Å². The molecule has 1 aromatic rings. The summed E-state index contributed by atoms with van der Waals surface area (Å²) in [4.78, 5) is 20.3. The van der Waals surface area contributed by atoms with Crippen molar-refractivity contribution in [2.24, 2.45) is 11.5 Å². The fraction of sp³-hybridized carbons (Fsp3) is 0.571. The molecule has 110 valence electrons. The zero-order valence-corrected chi connectivity index (χ0v) is 12.2. The van der Waals surface area contributed by atoms with Crippen LogP contribution in [0.1, 0.15) is 24.2 Å². The first-order valence-corrected chi connectivity index (χ1v) is 6.90. The number of primary amides is 1. The molecule has 0 atom stereocenters. The van der Waals surface area contributed by atoms with Crippen LogP contribution in [0.3, 0.4) is 0 Å². The van der Waals surface area contributed by atoms with Crippen LogP contribution in [0.5, 0.6) is 0 Å². The van der Waals surface area contributed by atoms with Gasteiger partial charge >= 0.3 is 0 Å². The number of amides is 1. The Morgan fingerprint density at radius 3 is 2.55 bits per heavy atom. The van der Waals surface area contributed by atoms with Gasteiger partial charge in [-0.25, -0.2) is 4.98 Å². The topological polar surface area (TPSA) is 88.5 Å². The first-order chi connectivity index (χ1) is 9.45. The zero-order chi connectivity index (χ0) is 14.8. The van der Waals surface area contributed by atoms with Crippen molar-refractivity contribution >= 4 is 11.7 Å². The second kappa shape index (κ2) is 5.76. The Balaban J connectivity index is 2.10. The Hall–Kier alpha value is -1.66. The lowest BCUT2D eigenvalue weighted by Crippen LogP contribution is -2.57. The molecule has 2 heterocycles. The number of carbonyl (C=O) groups excluding carboxylic acids is 1. The van der Waals surface area contributed by atoms with Crippen LogP contribution in [0.2, 0.25) is 0 Å². The number of hydrogen-bond acceptors (Lipinski definition) is 5. The minimum absolute atomic E-state index is 0.00270. The molecule has 6 heteroatoms. The van der Waals surface area contributed by atoms with E-state index in [1.165, 1.54) is 0 Å². The molecule has 6 nitrogen and oxygen atoms in total. The molecule has 0 radical (unpaired) electrons. The third kappa shape index (κ3) is 2.91. The second-order valence-electron chi connectivity index (χ2n) is 5.73. The lowest BCUT2D eigenvalue weighted by atomic mass is 10.0. The van der Waals surface area contributed by atoms with Gasteiger partial charge in [0.15, 0.2) is 0 Å². The zero-order valence-electron chi connectivity index (χ0n) is 12.2. The Bertz CT molecular complexity index is 480. The highest BCUT2D eigenvalue weighted by molar-refractivity contribution is 5.97. The summed E-state index contributed by atoms with van der Waals surface area (Å²) in [5.74, 6) is 0.253. The number of carbonyl (C=O) groups is 1. The van der Waals surface area contributed by atoms with E-state index in [1.54, 1.807) is 18.3 Å². The maximum absolute atomic E-state index is 11.5. The summed E-state index contributed by atoms with van der Waals surface area (Å²) in [6.07, 6.45) is 1.69. The van der Waals surface area contributed by atoms with Crippen molar-refractivity contribution in [3.8, 4) is 0 Å². The third-order valence-corrected chi connectivity index (χ3v) is 3.99. The SMILES string of the molecule is CC(C)(CN)N1CCN(c2ncccc2C(N)=O)CC1. The average molecular weight is 277 g/mol. The monoisotopic (exact) mass is 277 g/mol. The van der Waals surface area contributed by atoms with E-state index in [9.17, 15) is 4.79 Å². The van der Waals surface area contributed by atoms with Crippen molar-refractivity contribution < 1.29 is 4.79 Å². The van der Waals surface area contributed by atoms with Crippen molar-refractivity contribution in [3.05, 3.63) is 23.9 Å². The maximum atomic E-state index is 11.5. The van der Waals surface area contributed by atoms with E-state index in [-0.39, 0.29) is 5.54 Å². The first kappa shape index (κ1) is 14.7. The Morgan fingerprint density at radius 2 is 2.00 bits per heavy atom. The summed E-state index contributed by atoms with van der Waals surface area (Å²) in [7, 11) is 0. The number of hydrogen-bond donors (Lipinski definition) is 2. The van der Waals surface area contributed by atoms with Gasteiger partial charge in [-0.05, 0) is 26.0 Å². The molecular formula is C14H23N5O. The van der Waals surface area contributed by atoms with Gasteiger partial charge in [-0.2, -0.15) is 0 Å². The van der Waals surface area contributed by atoms with E-state index in [2.05, 4.69) is 28.6 Å². The molecule has 1 aromatic heterocycles. The van der Waals surface area contributed by atoms with E-state index in [4.69, 9.17) is 11.5 Å². The van der Waals surface area contributed by atoms with Crippen LogP contribution in [0, 0.1) is 0 Å². The highest BCUT2D eigenvalue weighted by Gasteiger charge is 2.29. The molecule has 1 aliphatic rings. The molecule has 0 unspecified atom stereocenters. The number of nitrogens with zero attached hydrogens (tertiary/aromatic N) is 3. The molecule has 0 bridgehead atoms. The Kier molecular flexibility index (Phi) is 4.25. The van der Waals surface area contributed by atoms with Gasteiger partial charge < -0.3 is 16.4 Å². The number of aromatic nitrogens is 1. The van der Waals surface area contributed by atoms with Gasteiger partial charge in [-0.15, -0.1) is 0 Å². The van der Waals surface area contributed by atoms with Gasteiger partial charge in [0.1, 0.15) is 5.82 Å². The van der Waals surface area contributed by atoms with Crippen molar-refractivity contribution in [1.82, 2.24) is 9.88 Å². The quantitative estimate of drug-likeness (QED) is 0.811. The van der Waals surface area contributed by atoms with E-state index >= 15 is 0 Å². The van der Waals surface area contributed by atoms with Crippen LogP contribution < -0.4 is 16.4 Å². The van der Waals surface area contributed by atoms with Crippen LogP contribution in [0.25, 0.3) is 0 Å². The molecule has 1 amide bonds. The Morgan fingerprint density at radius 1 is 1.35 bits per heavy atom. The predicted octanol–water partition coefficient (Wildman–Crippen LogP) is 0.0398. The number of piperazine rings is 1. The lowest BCUT2D eigenvalue weighted by molar-refractivity contribution is 0.0998. The van der Waals surface area contributed by atoms with Crippen LogP contribution in [-0.2, 0) is 0 Å². The summed E-state index contributed by atoms with van der Waals surface area (Å²) < 4.78 is 0. The highest BCUT2D eigenvalue weighted by Crippen LogP contribution is 2.21. The summed E-state index contributed by atoms with van der Waals surface area (Å²) in [5.41, 5.74) is 11.7. The molecule has 1 fully saturated rings. The summed E-state index contributed by atoms with van der Waals surface area (Å²) in [5, 5.41) is 0. The van der Waals surface area contributed by atoms with Crippen molar-refractivity contribution in [3.63, 3.8) is 0 Å². The largest absolute Gasteiger partial charge is 0.365 e. The molecule has 2 rings (SSSR count). The summed E-state index contributed by atoms with van der Waals surface area (Å²) >= 11 is 0. The van der Waals surface area contributed by atoms with Gasteiger partial charge in [0.2, 0.25) is 0 Å². The molecule has 0 spiro atoms. The Labute approximate surface area is 119 Å². The second-order valence-corrected chi connectivity index (χ2v) is 5.73. The van der Waals surface area contributed by atoms with E-state index in [0.29, 0.717) is 17.9 Å². The van der Waals surface area contributed by atoms with E-state index in [0.717, 1.165) is 26.2 Å². The van der Waals surface area contributed by atoms with Crippen molar-refractivity contribution in [2.45, 2.75) is 19.4 Å². The molecule has 0 aromatic carbocycles. The molecular weight excluding hydrogens is 254 g/mol. The molecule has 1 saturated heterocycles. The molecule has 4 N–H and O–H groups in total. The van der Waals surface area contributed by atoms with Crippen molar-refractivity contribution in [2.75, 3.05) is 37.6 Å². The van der Waals surface area contributed by atoms with Crippen LogP contribution in [0.15, 0.2) is 18.3 Å². The van der Waals surface area contributed by atoms with E-state index < -0.39 is 5.91 Å². The molecule has 1 aliphatic heterocycles. The number of anilines is 1. The van der Waals surface area contributed by atoms with Gasteiger partial charge in [0.25, 0.3) is 5.91 Å². The summed E-state index contributed by atoms with van der Waals surface area (Å²) in [6, 6.07) is 3.46. The normalized spacial score (nSPS) is 17.2. The van der Waals surface area contributed by atoms with Crippen molar-refractivity contribution in [1.29, 1.82) is 0 Å². The fourth-order valence-electron chi connectivity index (χ4n) is 2.49. The average Bonchev–Trinajstić information content (AvgIpc) is 2.47. The molecule has 20 heavy (non-hydrogen) atoms. The lowest BCUT2D eigenvalue weighted by Gasteiger charge is -2.44. The third-order valence-electron chi connectivity index (χ3n) is 3.99. The molecule has 0 saturated carbocycles. The molecule has 0 aliphatic carbocycles. The predicted molar refractivity (Wildman–Crippen MR) is 79.7 cm³/mol. The highest BCUT2D eigenvalue weighted by atomic mass is 16.1. The first-order valence-electron chi connectivity index (χ1n) is 6.90. The smallest absolute Gasteiger partial charge is 0.252 e. The van der Waals surface area contributed by atoms with Gasteiger partial charge in [0.05, 0.1) is 5.56 Å². The van der Waals surface area contributed by atoms with Gasteiger partial charge in [-0.1, -0.05) is 0 Å². The maximum Gasteiger partial charge on any atom is 0.252 e. The van der Waals surface area contributed by atoms with Crippen LogP contribution in [-0.4, -0.2) is 54.1 Å². The number of rotatable bonds is 4. The van der Waals surface area contributed by atoms with Gasteiger partial charge in [-0.3, -0.25) is 9.69 Å². The number of pyridine rings is 1. The standard InChI is InChI=1S/C14H23N5O/c1-14(2,10-15)19-8-6-18(7-9-19)13-11(12(16)20)4-3-5-17-13/h3-5H,6-10,15H2,1-2H3,(H2,16,20). The minimum atomic E-state index is -0.433. The summed E-state index contributed by atoms with van der Waals surface area (Å²) in [6.45, 7) is 8.37.